The summed E-state index contributed by atoms with van der Waals surface area (Å²) in [4.78, 5) is 13.1. The summed E-state index contributed by atoms with van der Waals surface area (Å²) in [6.45, 7) is -0.0813. The van der Waals surface area contributed by atoms with Crippen molar-refractivity contribution in [3.63, 3.8) is 0 Å². The van der Waals surface area contributed by atoms with E-state index in [1.165, 1.54) is 11.8 Å². The normalized spacial score (nSPS) is 10.5. The second-order valence-corrected chi connectivity index (χ2v) is 5.94. The second-order valence-electron chi connectivity index (χ2n) is 4.28. The molecule has 0 aliphatic rings. The van der Waals surface area contributed by atoms with Crippen LogP contribution >= 0.6 is 35.0 Å². The third-order valence-electron chi connectivity index (χ3n) is 2.85. The zero-order valence-corrected chi connectivity index (χ0v) is 13.5. The maximum Gasteiger partial charge on any atom is 0.257 e. The Labute approximate surface area is 137 Å². The standard InChI is InChI=1S/C15H13Cl2NO2S/c1-21-14-6-11(12(16)7-13(14)17)15(20)18-10-4-2-3-9(5-10)8-19/h2-7,19H,8H2,1H3,(H,18,20). The number of carbonyl (C=O) groups is 1. The summed E-state index contributed by atoms with van der Waals surface area (Å²) in [5.74, 6) is -0.318. The lowest BCUT2D eigenvalue weighted by Crippen LogP contribution is -2.13. The lowest BCUT2D eigenvalue weighted by atomic mass is 10.2. The molecule has 2 aromatic carbocycles. The Morgan fingerprint density at radius 1 is 1.24 bits per heavy atom. The Hall–Kier alpha value is -1.20. The molecule has 0 aliphatic heterocycles. The fraction of sp³-hybridized carbons (Fsp3) is 0.133. The summed E-state index contributed by atoms with van der Waals surface area (Å²) in [7, 11) is 0. The molecule has 0 atom stereocenters. The average Bonchev–Trinajstić information content (AvgIpc) is 2.47. The van der Waals surface area contributed by atoms with Crippen molar-refractivity contribution in [3.05, 3.63) is 57.6 Å². The maximum atomic E-state index is 12.3. The Balaban J connectivity index is 2.27. The number of aliphatic hydroxyl groups is 1. The highest BCUT2D eigenvalue weighted by Gasteiger charge is 2.14. The minimum Gasteiger partial charge on any atom is -0.392 e. The van der Waals surface area contributed by atoms with Gasteiger partial charge in [-0.2, -0.15) is 0 Å². The van der Waals surface area contributed by atoms with Gasteiger partial charge in [-0.05, 0) is 36.1 Å². The molecular weight excluding hydrogens is 329 g/mol. The van der Waals surface area contributed by atoms with E-state index in [1.807, 2.05) is 6.26 Å². The Morgan fingerprint density at radius 3 is 2.67 bits per heavy atom. The number of carbonyl (C=O) groups excluding carboxylic acids is 1. The van der Waals surface area contributed by atoms with E-state index >= 15 is 0 Å². The zero-order chi connectivity index (χ0) is 15.4. The summed E-state index contributed by atoms with van der Waals surface area (Å²) in [6.07, 6.45) is 1.88. The van der Waals surface area contributed by atoms with Crippen LogP contribution in [0.25, 0.3) is 0 Å². The van der Waals surface area contributed by atoms with E-state index in [0.717, 1.165) is 10.5 Å². The van der Waals surface area contributed by atoms with E-state index in [1.54, 1.807) is 36.4 Å². The van der Waals surface area contributed by atoms with E-state index in [2.05, 4.69) is 5.32 Å². The lowest BCUT2D eigenvalue weighted by molar-refractivity contribution is 0.102. The minimum absolute atomic E-state index is 0.0813. The van der Waals surface area contributed by atoms with Crippen molar-refractivity contribution in [2.75, 3.05) is 11.6 Å². The molecule has 0 saturated heterocycles. The summed E-state index contributed by atoms with van der Waals surface area (Å²) >= 11 is 13.6. The van der Waals surface area contributed by atoms with Crippen LogP contribution in [0.4, 0.5) is 5.69 Å². The van der Waals surface area contributed by atoms with Gasteiger partial charge in [-0.1, -0.05) is 35.3 Å². The highest BCUT2D eigenvalue weighted by molar-refractivity contribution is 7.98. The van der Waals surface area contributed by atoms with Gasteiger partial charge in [0.25, 0.3) is 5.91 Å². The number of anilines is 1. The highest BCUT2D eigenvalue weighted by atomic mass is 35.5. The van der Waals surface area contributed by atoms with Gasteiger partial charge in [-0.25, -0.2) is 0 Å². The van der Waals surface area contributed by atoms with Crippen LogP contribution in [0, 0.1) is 0 Å². The number of hydrogen-bond acceptors (Lipinski definition) is 3. The Kier molecular flexibility index (Phi) is 5.53. The van der Waals surface area contributed by atoms with Crippen molar-refractivity contribution < 1.29 is 9.90 Å². The van der Waals surface area contributed by atoms with Gasteiger partial charge in [0, 0.05) is 10.6 Å². The number of hydrogen-bond donors (Lipinski definition) is 2. The van der Waals surface area contributed by atoms with Gasteiger partial charge < -0.3 is 10.4 Å². The molecule has 0 aromatic heterocycles. The molecule has 6 heteroatoms. The molecule has 2 N–H and O–H groups in total. The van der Waals surface area contributed by atoms with Crippen molar-refractivity contribution in [2.24, 2.45) is 0 Å². The molecule has 0 unspecified atom stereocenters. The largest absolute Gasteiger partial charge is 0.392 e. The molecule has 0 fully saturated rings. The van der Waals surface area contributed by atoms with Crippen LogP contribution in [0.15, 0.2) is 41.3 Å². The molecule has 21 heavy (non-hydrogen) atoms. The number of halogens is 2. The van der Waals surface area contributed by atoms with Crippen LogP contribution in [0.1, 0.15) is 15.9 Å². The quantitative estimate of drug-likeness (QED) is 0.807. The molecule has 2 aromatic rings. The van der Waals surface area contributed by atoms with E-state index in [-0.39, 0.29) is 12.5 Å². The molecule has 110 valence electrons. The van der Waals surface area contributed by atoms with E-state index in [4.69, 9.17) is 28.3 Å². The monoisotopic (exact) mass is 341 g/mol. The maximum absolute atomic E-state index is 12.3. The van der Waals surface area contributed by atoms with Gasteiger partial charge in [0.2, 0.25) is 0 Å². The molecule has 0 saturated carbocycles. The van der Waals surface area contributed by atoms with Gasteiger partial charge in [-0.15, -0.1) is 11.8 Å². The number of nitrogens with one attached hydrogen (secondary N) is 1. The number of rotatable bonds is 4. The van der Waals surface area contributed by atoms with Crippen LogP contribution in [0.3, 0.4) is 0 Å². The second kappa shape index (κ2) is 7.18. The molecule has 3 nitrogen and oxygen atoms in total. The molecule has 0 spiro atoms. The van der Waals surface area contributed by atoms with Gasteiger partial charge in [-0.3, -0.25) is 4.79 Å². The fourth-order valence-corrected chi connectivity index (χ4v) is 3.00. The van der Waals surface area contributed by atoms with Crippen LogP contribution in [-0.4, -0.2) is 17.3 Å². The van der Waals surface area contributed by atoms with Crippen molar-refractivity contribution in [1.82, 2.24) is 0 Å². The highest BCUT2D eigenvalue weighted by Crippen LogP contribution is 2.31. The SMILES string of the molecule is CSc1cc(C(=O)Nc2cccc(CO)c2)c(Cl)cc1Cl. The number of benzene rings is 2. The molecule has 2 rings (SSSR count). The fourth-order valence-electron chi connectivity index (χ4n) is 1.81. The van der Waals surface area contributed by atoms with Gasteiger partial charge in [0.15, 0.2) is 0 Å². The summed E-state index contributed by atoms with van der Waals surface area (Å²) in [5.41, 5.74) is 1.68. The van der Waals surface area contributed by atoms with Crippen LogP contribution < -0.4 is 5.32 Å². The Morgan fingerprint density at radius 2 is 2.00 bits per heavy atom. The number of thioether (sulfide) groups is 1. The lowest BCUT2D eigenvalue weighted by Gasteiger charge is -2.10. The van der Waals surface area contributed by atoms with Crippen LogP contribution in [-0.2, 0) is 6.61 Å². The molecule has 0 heterocycles. The summed E-state index contributed by atoms with van der Waals surface area (Å²) < 4.78 is 0. The van der Waals surface area contributed by atoms with E-state index < -0.39 is 0 Å². The predicted molar refractivity (Wildman–Crippen MR) is 88.6 cm³/mol. The molecule has 0 bridgehead atoms. The first-order chi connectivity index (χ1) is 10.0. The topological polar surface area (TPSA) is 49.3 Å². The van der Waals surface area contributed by atoms with Crippen molar-refractivity contribution in [2.45, 2.75) is 11.5 Å². The number of amides is 1. The van der Waals surface area contributed by atoms with Crippen LogP contribution in [0.5, 0.6) is 0 Å². The van der Waals surface area contributed by atoms with Gasteiger partial charge in [0.1, 0.15) is 0 Å². The molecule has 0 aliphatic carbocycles. The van der Waals surface area contributed by atoms with Crippen molar-refractivity contribution in [3.8, 4) is 0 Å². The van der Waals surface area contributed by atoms with Gasteiger partial charge >= 0.3 is 0 Å². The molecular formula is C15H13Cl2NO2S. The van der Waals surface area contributed by atoms with Gasteiger partial charge in [0.05, 0.1) is 22.2 Å². The first-order valence-electron chi connectivity index (χ1n) is 6.09. The third-order valence-corrected chi connectivity index (χ3v) is 4.37. The smallest absolute Gasteiger partial charge is 0.257 e. The molecule has 1 amide bonds. The molecule has 0 radical (unpaired) electrons. The zero-order valence-electron chi connectivity index (χ0n) is 11.2. The average molecular weight is 342 g/mol. The number of aliphatic hydroxyl groups excluding tert-OH is 1. The van der Waals surface area contributed by atoms with Crippen molar-refractivity contribution >= 4 is 46.6 Å². The minimum atomic E-state index is -0.318. The van der Waals surface area contributed by atoms with E-state index in [9.17, 15) is 4.79 Å². The first-order valence-corrected chi connectivity index (χ1v) is 8.07. The Bertz CT molecular complexity index is 677. The predicted octanol–water partition coefficient (Wildman–Crippen LogP) is 4.46. The summed E-state index contributed by atoms with van der Waals surface area (Å²) in [5, 5.41) is 12.7. The van der Waals surface area contributed by atoms with Crippen molar-refractivity contribution in [1.29, 1.82) is 0 Å². The summed E-state index contributed by atoms with van der Waals surface area (Å²) in [6, 6.07) is 10.2. The van der Waals surface area contributed by atoms with E-state index in [0.29, 0.717) is 21.3 Å². The first kappa shape index (κ1) is 16.2. The van der Waals surface area contributed by atoms with Crippen LogP contribution in [0.2, 0.25) is 10.0 Å². The third kappa shape index (κ3) is 3.92.